The molecule has 0 radical (unpaired) electrons. The number of nitrogen functional groups attached to an aromatic ring is 1. The predicted molar refractivity (Wildman–Crippen MR) is 77.6 cm³/mol. The first-order valence-corrected chi connectivity index (χ1v) is 7.04. The van der Waals surface area contributed by atoms with Crippen LogP contribution in [0.5, 0.6) is 0 Å². The van der Waals surface area contributed by atoms with Crippen LogP contribution in [0.2, 0.25) is 0 Å². The number of anilines is 1. The zero-order valence-corrected chi connectivity index (χ0v) is 11.3. The van der Waals surface area contributed by atoms with Crippen molar-refractivity contribution in [3.8, 4) is 0 Å². The monoisotopic (exact) mass is 261 g/mol. The van der Waals surface area contributed by atoms with Crippen molar-refractivity contribution >= 4 is 11.6 Å². The number of likely N-dealkylation sites (tertiary alicyclic amines) is 1. The number of carbonyl (C=O) groups excluding carboxylic acids is 1. The molecule has 1 unspecified atom stereocenters. The van der Waals surface area contributed by atoms with Crippen LogP contribution < -0.4 is 11.5 Å². The van der Waals surface area contributed by atoms with E-state index in [0.717, 1.165) is 44.5 Å². The van der Waals surface area contributed by atoms with E-state index in [1.807, 2.05) is 18.2 Å². The lowest BCUT2D eigenvalue weighted by atomic mass is 10.0. The van der Waals surface area contributed by atoms with Crippen LogP contribution in [0.4, 0.5) is 5.69 Å². The molecule has 1 aliphatic heterocycles. The summed E-state index contributed by atoms with van der Waals surface area (Å²) < 4.78 is 0. The van der Waals surface area contributed by atoms with Gasteiger partial charge >= 0.3 is 0 Å². The molecule has 1 fully saturated rings. The summed E-state index contributed by atoms with van der Waals surface area (Å²) in [6, 6.07) is 7.93. The normalized spacial score (nSPS) is 20.3. The number of primary amides is 1. The van der Waals surface area contributed by atoms with Gasteiger partial charge in [0.1, 0.15) is 0 Å². The van der Waals surface area contributed by atoms with E-state index in [1.165, 1.54) is 12.0 Å². The molecule has 0 aliphatic carbocycles. The van der Waals surface area contributed by atoms with E-state index in [1.54, 1.807) is 0 Å². The number of piperidine rings is 1. The van der Waals surface area contributed by atoms with Crippen molar-refractivity contribution in [3.05, 3.63) is 29.8 Å². The highest BCUT2D eigenvalue weighted by atomic mass is 16.1. The molecule has 1 aromatic carbocycles. The molecule has 0 bridgehead atoms. The fourth-order valence-corrected chi connectivity index (χ4v) is 2.82. The Bertz CT molecular complexity index is 433. The minimum Gasteiger partial charge on any atom is -0.399 e. The van der Waals surface area contributed by atoms with Crippen LogP contribution in [-0.4, -0.2) is 29.9 Å². The van der Waals surface area contributed by atoms with Crippen molar-refractivity contribution in [1.82, 2.24) is 4.90 Å². The topological polar surface area (TPSA) is 72.4 Å². The first kappa shape index (κ1) is 13.9. The molecule has 104 valence electrons. The number of nitrogens with zero attached hydrogens (tertiary/aromatic N) is 1. The molecule has 2 rings (SSSR count). The number of hydrogen-bond acceptors (Lipinski definition) is 3. The SMILES string of the molecule is NC(=O)C1CCCCN1CCCc1cccc(N)c1. The fraction of sp³-hybridized carbons (Fsp3) is 0.533. The van der Waals surface area contributed by atoms with E-state index in [9.17, 15) is 4.79 Å². The molecular weight excluding hydrogens is 238 g/mol. The highest BCUT2D eigenvalue weighted by Crippen LogP contribution is 2.17. The van der Waals surface area contributed by atoms with Crippen LogP contribution in [0.25, 0.3) is 0 Å². The molecule has 4 N–H and O–H groups in total. The quantitative estimate of drug-likeness (QED) is 0.790. The Morgan fingerprint density at radius 1 is 1.37 bits per heavy atom. The minimum atomic E-state index is -0.177. The minimum absolute atomic E-state index is 0.0606. The van der Waals surface area contributed by atoms with Crippen LogP contribution in [0, 0.1) is 0 Å². The molecule has 1 amide bonds. The summed E-state index contributed by atoms with van der Waals surface area (Å²) in [5, 5.41) is 0. The van der Waals surface area contributed by atoms with Crippen molar-refractivity contribution in [2.45, 2.75) is 38.1 Å². The van der Waals surface area contributed by atoms with Gasteiger partial charge < -0.3 is 11.5 Å². The van der Waals surface area contributed by atoms with E-state index >= 15 is 0 Å². The Morgan fingerprint density at radius 2 is 2.21 bits per heavy atom. The van der Waals surface area contributed by atoms with Crippen molar-refractivity contribution in [1.29, 1.82) is 0 Å². The van der Waals surface area contributed by atoms with Crippen molar-refractivity contribution in [2.24, 2.45) is 5.73 Å². The number of rotatable bonds is 5. The molecule has 4 nitrogen and oxygen atoms in total. The highest BCUT2D eigenvalue weighted by molar-refractivity contribution is 5.79. The summed E-state index contributed by atoms with van der Waals surface area (Å²) in [7, 11) is 0. The maximum absolute atomic E-state index is 11.4. The van der Waals surface area contributed by atoms with Crippen LogP contribution >= 0.6 is 0 Å². The number of carbonyl (C=O) groups is 1. The summed E-state index contributed by atoms with van der Waals surface area (Å²) in [6.45, 7) is 1.92. The predicted octanol–water partition coefficient (Wildman–Crippen LogP) is 1.54. The van der Waals surface area contributed by atoms with Crippen molar-refractivity contribution in [2.75, 3.05) is 18.8 Å². The summed E-state index contributed by atoms with van der Waals surface area (Å²) in [5.74, 6) is -0.177. The van der Waals surface area contributed by atoms with E-state index in [2.05, 4.69) is 11.0 Å². The first-order valence-electron chi connectivity index (χ1n) is 7.04. The van der Waals surface area contributed by atoms with Gasteiger partial charge in [0.05, 0.1) is 6.04 Å². The largest absolute Gasteiger partial charge is 0.399 e. The third kappa shape index (κ3) is 3.96. The van der Waals surface area contributed by atoms with Crippen molar-refractivity contribution < 1.29 is 4.79 Å². The van der Waals surface area contributed by atoms with Gasteiger partial charge in [0, 0.05) is 5.69 Å². The Hall–Kier alpha value is -1.55. The number of aryl methyl sites for hydroxylation is 1. The first-order chi connectivity index (χ1) is 9.16. The summed E-state index contributed by atoms with van der Waals surface area (Å²) in [4.78, 5) is 13.6. The maximum atomic E-state index is 11.4. The van der Waals surface area contributed by atoms with Crippen LogP contribution in [0.15, 0.2) is 24.3 Å². The molecule has 4 heteroatoms. The molecule has 0 aromatic heterocycles. The van der Waals surface area contributed by atoms with Gasteiger partial charge in [0.2, 0.25) is 5.91 Å². The Balaban J connectivity index is 1.82. The van der Waals surface area contributed by atoms with Gasteiger partial charge in [-0.2, -0.15) is 0 Å². The van der Waals surface area contributed by atoms with E-state index in [0.29, 0.717) is 0 Å². The van der Waals surface area contributed by atoms with E-state index in [4.69, 9.17) is 11.5 Å². The maximum Gasteiger partial charge on any atom is 0.234 e. The summed E-state index contributed by atoms with van der Waals surface area (Å²) in [5.41, 5.74) is 13.3. The lowest BCUT2D eigenvalue weighted by molar-refractivity contribution is -0.124. The molecule has 1 saturated heterocycles. The standard InChI is InChI=1S/C15H23N3O/c16-13-7-3-5-12(11-13)6-4-10-18-9-2-1-8-14(18)15(17)19/h3,5,7,11,14H,1-2,4,6,8-10,16H2,(H2,17,19). The zero-order chi connectivity index (χ0) is 13.7. The highest BCUT2D eigenvalue weighted by Gasteiger charge is 2.25. The molecule has 1 heterocycles. The molecule has 0 saturated carbocycles. The van der Waals surface area contributed by atoms with Gasteiger partial charge in [-0.15, -0.1) is 0 Å². The number of amides is 1. The summed E-state index contributed by atoms with van der Waals surface area (Å²) >= 11 is 0. The number of hydrogen-bond donors (Lipinski definition) is 2. The fourth-order valence-electron chi connectivity index (χ4n) is 2.82. The molecule has 1 aromatic rings. The van der Waals surface area contributed by atoms with Crippen LogP contribution in [-0.2, 0) is 11.2 Å². The third-order valence-electron chi connectivity index (χ3n) is 3.80. The van der Waals surface area contributed by atoms with Crippen molar-refractivity contribution in [3.63, 3.8) is 0 Å². The average Bonchev–Trinajstić information content (AvgIpc) is 2.39. The Kier molecular flexibility index (Phi) is 4.80. The molecule has 1 atom stereocenters. The van der Waals surface area contributed by atoms with Crippen LogP contribution in [0.3, 0.4) is 0 Å². The van der Waals surface area contributed by atoms with Gasteiger partial charge in [-0.1, -0.05) is 18.6 Å². The Labute approximate surface area is 114 Å². The molecule has 19 heavy (non-hydrogen) atoms. The number of nitrogens with two attached hydrogens (primary N) is 2. The second-order valence-corrected chi connectivity index (χ2v) is 5.30. The zero-order valence-electron chi connectivity index (χ0n) is 11.3. The average molecular weight is 261 g/mol. The van der Waals surface area contributed by atoms with E-state index in [-0.39, 0.29) is 11.9 Å². The smallest absolute Gasteiger partial charge is 0.234 e. The second-order valence-electron chi connectivity index (χ2n) is 5.30. The third-order valence-corrected chi connectivity index (χ3v) is 3.80. The van der Waals surface area contributed by atoms with Crippen LogP contribution in [0.1, 0.15) is 31.2 Å². The molecular formula is C15H23N3O. The Morgan fingerprint density at radius 3 is 2.95 bits per heavy atom. The number of benzene rings is 1. The lowest BCUT2D eigenvalue weighted by Gasteiger charge is -2.33. The molecule has 1 aliphatic rings. The van der Waals surface area contributed by atoms with E-state index < -0.39 is 0 Å². The van der Waals surface area contributed by atoms with Gasteiger partial charge in [0.25, 0.3) is 0 Å². The van der Waals surface area contributed by atoms with Gasteiger partial charge in [0.15, 0.2) is 0 Å². The van der Waals surface area contributed by atoms with Gasteiger partial charge in [-0.05, 0) is 56.5 Å². The van der Waals surface area contributed by atoms with Gasteiger partial charge in [-0.25, -0.2) is 0 Å². The van der Waals surface area contributed by atoms with Gasteiger partial charge in [-0.3, -0.25) is 9.69 Å². The molecule has 0 spiro atoms. The second kappa shape index (κ2) is 6.57. The lowest BCUT2D eigenvalue weighted by Crippen LogP contribution is -2.48. The summed E-state index contributed by atoms with van der Waals surface area (Å²) in [6.07, 6.45) is 5.22.